The third-order valence-corrected chi connectivity index (χ3v) is 2.49. The average molecular weight is 195 g/mol. The Kier molecular flexibility index (Phi) is 3.66. The summed E-state index contributed by atoms with van der Waals surface area (Å²) in [6.45, 7) is 0. The normalized spacial score (nSPS) is 28.1. The molecule has 0 bridgehead atoms. The number of carboxylic acids is 1. The number of allylic oxidation sites excluding steroid dienone is 1. The molecule has 0 aromatic carbocycles. The summed E-state index contributed by atoms with van der Waals surface area (Å²) in [7, 11) is 0. The van der Waals surface area contributed by atoms with Crippen LogP contribution in [0.1, 0.15) is 25.7 Å². The van der Waals surface area contributed by atoms with E-state index in [0.29, 0.717) is 12.8 Å². The van der Waals surface area contributed by atoms with Crippen molar-refractivity contribution in [3.05, 3.63) is 11.6 Å². The zero-order valence-corrected chi connectivity index (χ0v) is 7.81. The van der Waals surface area contributed by atoms with Crippen molar-refractivity contribution < 1.29 is 15.0 Å². The van der Waals surface area contributed by atoms with Gasteiger partial charge in [-0.15, -0.1) is 0 Å². The Morgan fingerprint density at radius 3 is 2.36 bits per heavy atom. The predicted octanol–water partition coefficient (Wildman–Crippen LogP) is 1.07. The van der Waals surface area contributed by atoms with E-state index in [4.69, 9.17) is 10.4 Å². The van der Waals surface area contributed by atoms with Crippen LogP contribution in [0, 0.1) is 17.2 Å². The van der Waals surface area contributed by atoms with Crippen LogP contribution >= 0.6 is 0 Å². The Bertz CT molecular complexity index is 282. The highest BCUT2D eigenvalue weighted by molar-refractivity contribution is 5.90. The van der Waals surface area contributed by atoms with Gasteiger partial charge < -0.3 is 10.2 Å². The van der Waals surface area contributed by atoms with E-state index >= 15 is 0 Å². The lowest BCUT2D eigenvalue weighted by molar-refractivity contribution is -0.132. The lowest BCUT2D eigenvalue weighted by atomic mass is 9.86. The smallest absolute Gasteiger partial charge is 0.346 e. The van der Waals surface area contributed by atoms with E-state index in [1.165, 1.54) is 6.08 Å². The molecule has 0 atom stereocenters. The lowest BCUT2D eigenvalue weighted by Crippen LogP contribution is -2.17. The largest absolute Gasteiger partial charge is 0.477 e. The number of rotatable bonds is 2. The Balaban J connectivity index is 2.59. The SMILES string of the molecule is N#C/C(=C\C1CCC(O)CC1)C(=O)O. The van der Waals surface area contributed by atoms with Gasteiger partial charge >= 0.3 is 5.97 Å². The van der Waals surface area contributed by atoms with Crippen molar-refractivity contribution in [2.24, 2.45) is 5.92 Å². The van der Waals surface area contributed by atoms with Gasteiger partial charge in [0.15, 0.2) is 0 Å². The average Bonchev–Trinajstić information content (AvgIpc) is 2.16. The first-order valence-corrected chi connectivity index (χ1v) is 4.66. The number of hydrogen-bond donors (Lipinski definition) is 2. The highest BCUT2D eigenvalue weighted by Gasteiger charge is 2.19. The van der Waals surface area contributed by atoms with Gasteiger partial charge in [-0.3, -0.25) is 0 Å². The molecule has 14 heavy (non-hydrogen) atoms. The van der Waals surface area contributed by atoms with Gasteiger partial charge in [0.05, 0.1) is 6.10 Å². The number of carboxylic acid groups (broad SMARTS) is 1. The molecule has 0 amide bonds. The molecule has 0 saturated heterocycles. The summed E-state index contributed by atoms with van der Waals surface area (Å²) in [5, 5.41) is 26.4. The second-order valence-corrected chi connectivity index (χ2v) is 3.57. The second kappa shape index (κ2) is 4.77. The summed E-state index contributed by atoms with van der Waals surface area (Å²) in [5.41, 5.74) is -0.189. The van der Waals surface area contributed by atoms with Crippen molar-refractivity contribution in [3.8, 4) is 6.07 Å². The zero-order chi connectivity index (χ0) is 10.6. The van der Waals surface area contributed by atoms with Crippen LogP contribution in [0.3, 0.4) is 0 Å². The molecule has 0 radical (unpaired) electrons. The molecule has 0 aromatic heterocycles. The molecular formula is C10H13NO3. The number of hydrogen-bond acceptors (Lipinski definition) is 3. The number of aliphatic hydroxyl groups is 1. The lowest BCUT2D eigenvalue weighted by Gasteiger charge is -2.22. The Labute approximate surface area is 82.5 Å². The first-order valence-electron chi connectivity index (χ1n) is 4.66. The Hall–Kier alpha value is -1.34. The van der Waals surface area contributed by atoms with Gasteiger partial charge in [0.2, 0.25) is 0 Å². The van der Waals surface area contributed by atoms with E-state index < -0.39 is 5.97 Å². The highest BCUT2D eigenvalue weighted by atomic mass is 16.4. The molecule has 0 aliphatic heterocycles. The van der Waals surface area contributed by atoms with Gasteiger partial charge in [-0.25, -0.2) is 4.79 Å². The maximum Gasteiger partial charge on any atom is 0.346 e. The van der Waals surface area contributed by atoms with Crippen molar-refractivity contribution in [2.45, 2.75) is 31.8 Å². The van der Waals surface area contributed by atoms with Crippen molar-refractivity contribution in [2.75, 3.05) is 0 Å². The number of aliphatic carboxylic acids is 1. The van der Waals surface area contributed by atoms with Crippen LogP contribution in [0.2, 0.25) is 0 Å². The van der Waals surface area contributed by atoms with Gasteiger partial charge in [0, 0.05) is 0 Å². The van der Waals surface area contributed by atoms with Crippen LogP contribution in [0.4, 0.5) is 0 Å². The van der Waals surface area contributed by atoms with Crippen molar-refractivity contribution in [1.29, 1.82) is 5.26 Å². The summed E-state index contributed by atoms with van der Waals surface area (Å²) in [4.78, 5) is 10.5. The topological polar surface area (TPSA) is 81.3 Å². The van der Waals surface area contributed by atoms with Gasteiger partial charge in [-0.1, -0.05) is 6.08 Å². The molecule has 0 heterocycles. The third kappa shape index (κ3) is 2.86. The number of aliphatic hydroxyl groups excluding tert-OH is 1. The maximum atomic E-state index is 10.5. The van der Waals surface area contributed by atoms with E-state index in [2.05, 4.69) is 0 Å². The second-order valence-electron chi connectivity index (χ2n) is 3.57. The maximum absolute atomic E-state index is 10.5. The van der Waals surface area contributed by atoms with Crippen molar-refractivity contribution in [3.63, 3.8) is 0 Å². The predicted molar refractivity (Wildman–Crippen MR) is 49.3 cm³/mol. The summed E-state index contributed by atoms with van der Waals surface area (Å²) in [6.07, 6.45) is 4.17. The van der Waals surface area contributed by atoms with E-state index in [0.717, 1.165) is 12.8 Å². The summed E-state index contributed by atoms with van der Waals surface area (Å²) in [5.74, 6) is -1.04. The molecule has 4 nitrogen and oxygen atoms in total. The fourth-order valence-corrected chi connectivity index (χ4v) is 1.66. The molecule has 0 unspecified atom stereocenters. The summed E-state index contributed by atoms with van der Waals surface area (Å²) >= 11 is 0. The molecule has 1 saturated carbocycles. The molecule has 2 N–H and O–H groups in total. The zero-order valence-electron chi connectivity index (χ0n) is 7.81. The quantitative estimate of drug-likeness (QED) is 0.510. The molecule has 0 aromatic rings. The van der Waals surface area contributed by atoms with Gasteiger partial charge in [0.25, 0.3) is 0 Å². The van der Waals surface area contributed by atoms with E-state index in [9.17, 15) is 9.90 Å². The van der Waals surface area contributed by atoms with E-state index in [1.807, 2.05) is 0 Å². The van der Waals surface area contributed by atoms with Crippen molar-refractivity contribution in [1.82, 2.24) is 0 Å². The highest BCUT2D eigenvalue weighted by Crippen LogP contribution is 2.25. The molecule has 1 rings (SSSR count). The molecule has 1 fully saturated rings. The third-order valence-electron chi connectivity index (χ3n) is 2.49. The summed E-state index contributed by atoms with van der Waals surface area (Å²) in [6, 6.07) is 1.66. The van der Waals surface area contributed by atoms with Crippen LogP contribution < -0.4 is 0 Å². The molecular weight excluding hydrogens is 182 g/mol. The fraction of sp³-hybridized carbons (Fsp3) is 0.600. The molecule has 4 heteroatoms. The number of carbonyl (C=O) groups is 1. The van der Waals surface area contributed by atoms with Gasteiger partial charge in [-0.2, -0.15) is 5.26 Å². The van der Waals surface area contributed by atoms with Gasteiger partial charge in [-0.05, 0) is 31.6 Å². The van der Waals surface area contributed by atoms with E-state index in [-0.39, 0.29) is 17.6 Å². The van der Waals surface area contributed by atoms with Crippen LogP contribution in [0.25, 0.3) is 0 Å². The molecule has 1 aliphatic rings. The molecule has 0 spiro atoms. The minimum absolute atomic E-state index is 0.129. The monoisotopic (exact) mass is 195 g/mol. The van der Waals surface area contributed by atoms with Gasteiger partial charge in [0.1, 0.15) is 11.6 Å². The van der Waals surface area contributed by atoms with E-state index in [1.54, 1.807) is 6.07 Å². The van der Waals surface area contributed by atoms with Crippen LogP contribution in [0.5, 0.6) is 0 Å². The summed E-state index contributed by atoms with van der Waals surface area (Å²) < 4.78 is 0. The fourth-order valence-electron chi connectivity index (χ4n) is 1.66. The first kappa shape index (κ1) is 10.7. The minimum Gasteiger partial charge on any atom is -0.477 e. The number of nitrogens with zero attached hydrogens (tertiary/aromatic N) is 1. The molecule has 76 valence electrons. The van der Waals surface area contributed by atoms with Crippen LogP contribution in [-0.4, -0.2) is 22.3 Å². The number of nitriles is 1. The minimum atomic E-state index is -1.17. The van der Waals surface area contributed by atoms with Crippen LogP contribution in [0.15, 0.2) is 11.6 Å². The van der Waals surface area contributed by atoms with Crippen molar-refractivity contribution >= 4 is 5.97 Å². The molecule has 1 aliphatic carbocycles. The first-order chi connectivity index (χ1) is 6.63. The Morgan fingerprint density at radius 2 is 1.93 bits per heavy atom. The standard InChI is InChI=1S/C10H13NO3/c11-6-8(10(13)14)5-7-1-3-9(12)4-2-7/h5,7,9,12H,1-4H2,(H,13,14)/b8-5+. The van der Waals surface area contributed by atoms with Crippen LogP contribution in [-0.2, 0) is 4.79 Å². The Morgan fingerprint density at radius 1 is 1.36 bits per heavy atom.